The van der Waals surface area contributed by atoms with E-state index in [9.17, 15) is 8.78 Å². The average Bonchev–Trinajstić information content (AvgIpc) is 1.63. The summed E-state index contributed by atoms with van der Waals surface area (Å²) in [7, 11) is 0. The summed E-state index contributed by atoms with van der Waals surface area (Å²) in [6, 6.07) is 0. The van der Waals surface area contributed by atoms with E-state index in [-0.39, 0.29) is 0 Å². The van der Waals surface area contributed by atoms with Gasteiger partial charge in [-0.3, -0.25) is 0 Å². The van der Waals surface area contributed by atoms with Gasteiger partial charge in [0.25, 0.3) is 0 Å². The molecule has 0 amide bonds. The summed E-state index contributed by atoms with van der Waals surface area (Å²) >= 11 is 3.75. The molecule has 0 N–H and O–H groups in total. The molecule has 0 bridgehead atoms. The van der Waals surface area contributed by atoms with Crippen LogP contribution in [0.2, 0.25) is 0 Å². The summed E-state index contributed by atoms with van der Waals surface area (Å²) in [5.41, 5.74) is 0. The summed E-state index contributed by atoms with van der Waals surface area (Å²) < 4.78 is 24.0. The molecule has 0 spiro atoms. The fourth-order valence-electron chi connectivity index (χ4n) is 0.283. The van der Waals surface area contributed by atoms with E-state index >= 15 is 0 Å². The van der Waals surface area contributed by atoms with Gasteiger partial charge in [-0.05, 0) is 24.8 Å². The van der Waals surface area contributed by atoms with Gasteiger partial charge in [0.15, 0.2) is 5.83 Å². The smallest absolute Gasteiger partial charge is 0.155 e. The van der Waals surface area contributed by atoms with Gasteiger partial charge in [0.2, 0.25) is 0 Å². The van der Waals surface area contributed by atoms with Crippen LogP contribution in [-0.2, 0) is 0 Å². The second kappa shape index (κ2) is 3.67. The first-order chi connectivity index (χ1) is 4.04. The van der Waals surface area contributed by atoms with Gasteiger partial charge >= 0.3 is 0 Å². The van der Waals surface area contributed by atoms with Crippen molar-refractivity contribution in [3.8, 4) is 0 Å². The van der Waals surface area contributed by atoms with E-state index in [1.54, 1.807) is 6.92 Å². The van der Waals surface area contributed by atoms with Gasteiger partial charge in [-0.25, -0.2) is 8.78 Å². The number of thiol groups is 1. The molecule has 0 atom stereocenters. The normalized spacial score (nSPS) is 15.4. The van der Waals surface area contributed by atoms with Crippen LogP contribution in [-0.4, -0.2) is 0 Å². The van der Waals surface area contributed by atoms with Crippen molar-refractivity contribution in [2.24, 2.45) is 0 Å². The lowest BCUT2D eigenvalue weighted by Crippen LogP contribution is -1.69. The highest BCUT2D eigenvalue weighted by molar-refractivity contribution is 7.84. The Kier molecular flexibility index (Phi) is 3.54. The first kappa shape index (κ1) is 8.69. The zero-order chi connectivity index (χ0) is 7.44. The molecule has 0 saturated heterocycles. The Balaban J connectivity index is 4.25. The predicted octanol–water partition coefficient (Wildman–Crippen LogP) is 2.99. The van der Waals surface area contributed by atoms with E-state index in [1.165, 1.54) is 0 Å². The Morgan fingerprint density at radius 3 is 1.89 bits per heavy atom. The van der Waals surface area contributed by atoms with Crippen molar-refractivity contribution in [2.45, 2.75) is 13.8 Å². The Hall–Kier alpha value is -0.310. The quantitative estimate of drug-likeness (QED) is 0.431. The highest BCUT2D eigenvalue weighted by Gasteiger charge is 1.94. The summed E-state index contributed by atoms with van der Waals surface area (Å²) in [5, 5.41) is 0. The van der Waals surface area contributed by atoms with Crippen LogP contribution < -0.4 is 0 Å². The van der Waals surface area contributed by atoms with E-state index < -0.39 is 11.7 Å². The molecule has 0 fully saturated rings. The molecule has 3 heteroatoms. The van der Waals surface area contributed by atoms with Gasteiger partial charge in [-0.1, -0.05) is 0 Å². The lowest BCUT2D eigenvalue weighted by Gasteiger charge is -1.87. The monoisotopic (exact) mass is 150 g/mol. The summed E-state index contributed by atoms with van der Waals surface area (Å²) in [6.07, 6.45) is 1.03. The van der Waals surface area contributed by atoms with Crippen molar-refractivity contribution in [1.82, 2.24) is 0 Å². The first-order valence-electron chi connectivity index (χ1n) is 2.43. The van der Waals surface area contributed by atoms with Crippen LogP contribution in [0.4, 0.5) is 8.78 Å². The molecule has 0 unspecified atom stereocenters. The minimum Gasteiger partial charge on any atom is -0.209 e. The molecule has 9 heavy (non-hydrogen) atoms. The predicted molar refractivity (Wildman–Crippen MR) is 37.7 cm³/mol. The zero-order valence-electron chi connectivity index (χ0n) is 5.28. The van der Waals surface area contributed by atoms with Crippen LogP contribution in [0.15, 0.2) is 22.6 Å². The maximum absolute atomic E-state index is 12.2. The van der Waals surface area contributed by atoms with Crippen LogP contribution in [0.5, 0.6) is 0 Å². The summed E-state index contributed by atoms with van der Waals surface area (Å²) in [5.74, 6) is -1.68. The highest BCUT2D eigenvalue weighted by Crippen LogP contribution is 2.11. The van der Waals surface area contributed by atoms with Gasteiger partial charge < -0.3 is 0 Å². The Bertz CT molecular complexity index is 150. The minimum absolute atomic E-state index is 0.449. The van der Waals surface area contributed by atoms with Crippen molar-refractivity contribution < 1.29 is 8.78 Å². The van der Waals surface area contributed by atoms with Crippen LogP contribution >= 0.6 is 12.6 Å². The topological polar surface area (TPSA) is 0 Å². The van der Waals surface area contributed by atoms with E-state index in [1.807, 2.05) is 0 Å². The second-order valence-corrected chi connectivity index (χ2v) is 2.37. The molecule has 0 aliphatic carbocycles. The van der Waals surface area contributed by atoms with Crippen molar-refractivity contribution in [3.63, 3.8) is 0 Å². The zero-order valence-corrected chi connectivity index (χ0v) is 6.17. The largest absolute Gasteiger partial charge is 0.209 e. The molecular formula is C6H8F2S. The molecule has 0 saturated carbocycles. The molecule has 0 aromatic rings. The third-order valence-electron chi connectivity index (χ3n) is 0.665. The van der Waals surface area contributed by atoms with Gasteiger partial charge in [-0.2, -0.15) is 0 Å². The lowest BCUT2D eigenvalue weighted by molar-refractivity contribution is 0.555. The van der Waals surface area contributed by atoms with Gasteiger partial charge in [0.1, 0.15) is 5.83 Å². The number of hydrogen-bond donors (Lipinski definition) is 1. The third kappa shape index (κ3) is 4.21. The molecule has 0 aliphatic rings. The molecule has 0 rings (SSSR count). The van der Waals surface area contributed by atoms with Gasteiger partial charge in [-0.15, -0.1) is 12.6 Å². The SMILES string of the molecule is C/C(S)=C/C(F)=C(\C)F. The summed E-state index contributed by atoms with van der Waals surface area (Å²) in [6.45, 7) is 2.63. The fraction of sp³-hybridized carbons (Fsp3) is 0.333. The minimum atomic E-state index is -0.859. The first-order valence-corrected chi connectivity index (χ1v) is 2.88. The Labute approximate surface area is 58.7 Å². The second-order valence-electron chi connectivity index (χ2n) is 1.67. The molecule has 0 nitrogen and oxygen atoms in total. The van der Waals surface area contributed by atoms with Gasteiger partial charge in [0.05, 0.1) is 0 Å². The molecule has 52 valence electrons. The third-order valence-corrected chi connectivity index (χ3v) is 0.794. The lowest BCUT2D eigenvalue weighted by atomic mass is 10.4. The van der Waals surface area contributed by atoms with Crippen molar-refractivity contribution in [2.75, 3.05) is 0 Å². The Morgan fingerprint density at radius 1 is 1.33 bits per heavy atom. The van der Waals surface area contributed by atoms with E-state index in [2.05, 4.69) is 12.6 Å². The molecule has 0 aromatic carbocycles. The number of hydrogen-bond acceptors (Lipinski definition) is 1. The van der Waals surface area contributed by atoms with E-state index in [0.717, 1.165) is 13.0 Å². The number of halogens is 2. The van der Waals surface area contributed by atoms with Crippen LogP contribution in [0.3, 0.4) is 0 Å². The molecule has 0 radical (unpaired) electrons. The molecule has 0 heterocycles. The molecule has 0 aromatic heterocycles. The van der Waals surface area contributed by atoms with Crippen LogP contribution in [0.1, 0.15) is 13.8 Å². The average molecular weight is 150 g/mol. The Morgan fingerprint density at radius 2 is 1.78 bits per heavy atom. The number of rotatable bonds is 1. The molecular weight excluding hydrogens is 142 g/mol. The summed E-state index contributed by atoms with van der Waals surface area (Å²) in [4.78, 5) is 0.449. The van der Waals surface area contributed by atoms with E-state index in [4.69, 9.17) is 0 Å². The van der Waals surface area contributed by atoms with Crippen molar-refractivity contribution >= 4 is 12.6 Å². The molecule has 0 aliphatic heterocycles. The maximum Gasteiger partial charge on any atom is 0.155 e. The van der Waals surface area contributed by atoms with Crippen molar-refractivity contribution in [3.05, 3.63) is 22.6 Å². The van der Waals surface area contributed by atoms with E-state index in [0.29, 0.717) is 4.91 Å². The van der Waals surface area contributed by atoms with Crippen LogP contribution in [0, 0.1) is 0 Å². The highest BCUT2D eigenvalue weighted by atomic mass is 32.1. The van der Waals surface area contributed by atoms with Gasteiger partial charge in [0, 0.05) is 0 Å². The van der Waals surface area contributed by atoms with Crippen LogP contribution in [0.25, 0.3) is 0 Å². The van der Waals surface area contributed by atoms with Crippen molar-refractivity contribution in [1.29, 1.82) is 0 Å². The fourth-order valence-corrected chi connectivity index (χ4v) is 0.396. The maximum atomic E-state index is 12.2. The standard InChI is InChI=1S/C6H8F2S/c1-4(9)3-6(8)5(2)7/h3,9H,1-2H3/b4-3-,6-5-. The number of allylic oxidation sites excluding steroid dienone is 4.